The molecule has 0 amide bonds. The Balaban J connectivity index is 1.45. The molecule has 0 aromatic carbocycles. The number of nitrogens with zero attached hydrogens (tertiary/aromatic N) is 4. The summed E-state index contributed by atoms with van der Waals surface area (Å²) in [4.78, 5) is 67.3. The number of aromatic nitrogens is 6. The fourth-order valence-electron chi connectivity index (χ4n) is 5.49. The number of nitrogens with one attached hydrogen (secondary N) is 2. The fourth-order valence-corrected chi connectivity index (χ4v) is 6.61. The summed E-state index contributed by atoms with van der Waals surface area (Å²) in [6.45, 7) is 6.55. The van der Waals surface area contributed by atoms with Crippen LogP contribution in [0.2, 0.25) is 0 Å². The minimum Gasteiger partial charge on any atom is -0.376 e. The largest absolute Gasteiger partial charge is 0.472 e. The normalized spacial score (nSPS) is 28.8. The first-order chi connectivity index (χ1) is 22.7. The zero-order valence-electron chi connectivity index (χ0n) is 26.5. The number of phosphoric acid groups is 1. The van der Waals surface area contributed by atoms with E-state index in [2.05, 4.69) is 20.1 Å². The number of aromatic amines is 2. The van der Waals surface area contributed by atoms with Crippen molar-refractivity contribution >= 4 is 7.82 Å². The van der Waals surface area contributed by atoms with Crippen molar-refractivity contribution in [3.8, 4) is 0 Å². The standard InChI is InChI=1S/C27H36FN6O13P/c1-12(2)42-11-15-14(19(28)24(43-15)33-8-6-17(35)30-26(33)37)10-16-29-23(45-32-16)21-20(47-48(39,40)46-13(3)4)22(41-5)25(44-21)34-9-7-18(36)31-27(34)38/h6-9,12-15,19-22,24-25H,10-11H2,1-5H3,(H,39,40)(H,30,35,37)(H,31,36,38)/t14-,15-,19-,20-,21+,22-,24-,25-/m1/s1. The topological polar surface area (TPSA) is 241 Å². The molecule has 19 nitrogen and oxygen atoms in total. The summed E-state index contributed by atoms with van der Waals surface area (Å²) in [6, 6.07) is 2.13. The summed E-state index contributed by atoms with van der Waals surface area (Å²) in [5.41, 5.74) is -3.07. The van der Waals surface area contributed by atoms with Crippen molar-refractivity contribution < 1.29 is 46.4 Å². The number of alkyl halides is 1. The molecule has 3 N–H and O–H groups in total. The van der Waals surface area contributed by atoms with Crippen LogP contribution in [0.4, 0.5) is 4.39 Å². The molecule has 21 heteroatoms. The van der Waals surface area contributed by atoms with Crippen LogP contribution in [0.5, 0.6) is 0 Å². The van der Waals surface area contributed by atoms with Crippen molar-refractivity contribution in [2.75, 3.05) is 13.7 Å². The molecule has 0 saturated carbocycles. The molecule has 3 aromatic heterocycles. The fraction of sp³-hybridized carbons (Fsp3) is 0.630. The van der Waals surface area contributed by atoms with Gasteiger partial charge < -0.3 is 28.4 Å². The molecule has 0 aliphatic carbocycles. The van der Waals surface area contributed by atoms with E-state index in [0.29, 0.717) is 0 Å². The monoisotopic (exact) mass is 702 g/mol. The van der Waals surface area contributed by atoms with Crippen LogP contribution in [-0.2, 0) is 39.0 Å². The number of rotatable bonds is 13. The highest BCUT2D eigenvalue weighted by Gasteiger charge is 2.53. The second-order valence-electron chi connectivity index (χ2n) is 11.7. The summed E-state index contributed by atoms with van der Waals surface area (Å²) in [6.07, 6.45) is -8.42. The zero-order chi connectivity index (χ0) is 34.9. The first kappa shape index (κ1) is 35.7. The van der Waals surface area contributed by atoms with Crippen molar-refractivity contribution in [2.24, 2.45) is 5.92 Å². The van der Waals surface area contributed by atoms with Crippen LogP contribution in [0, 0.1) is 5.92 Å². The van der Waals surface area contributed by atoms with Gasteiger partial charge in [-0.15, -0.1) is 0 Å². The van der Waals surface area contributed by atoms with Gasteiger partial charge in [-0.3, -0.25) is 37.7 Å². The van der Waals surface area contributed by atoms with Crippen molar-refractivity contribution in [3.05, 3.63) is 77.9 Å². The molecular weight excluding hydrogens is 666 g/mol. The van der Waals surface area contributed by atoms with E-state index in [1.807, 2.05) is 0 Å². The molecule has 5 rings (SSSR count). The minimum absolute atomic E-state index is 0.0307. The summed E-state index contributed by atoms with van der Waals surface area (Å²) < 4.78 is 70.0. The van der Waals surface area contributed by atoms with Gasteiger partial charge in [-0.25, -0.2) is 18.5 Å². The van der Waals surface area contributed by atoms with Crippen molar-refractivity contribution in [1.82, 2.24) is 29.2 Å². The number of ether oxygens (including phenoxy) is 4. The summed E-state index contributed by atoms with van der Waals surface area (Å²) >= 11 is 0. The summed E-state index contributed by atoms with van der Waals surface area (Å²) in [5.74, 6) is -1.28. The third-order valence-electron chi connectivity index (χ3n) is 7.52. The highest BCUT2D eigenvalue weighted by Crippen LogP contribution is 2.52. The van der Waals surface area contributed by atoms with E-state index in [0.717, 1.165) is 33.7 Å². The lowest BCUT2D eigenvalue weighted by atomic mass is 9.95. The number of halogens is 1. The van der Waals surface area contributed by atoms with Crippen molar-refractivity contribution in [2.45, 2.75) is 89.4 Å². The highest BCUT2D eigenvalue weighted by atomic mass is 31.2. The Labute approximate surface area is 270 Å². The minimum atomic E-state index is -4.76. The Bertz CT molecular complexity index is 1860. The van der Waals surface area contributed by atoms with Gasteiger partial charge in [0, 0.05) is 44.0 Å². The van der Waals surface area contributed by atoms with E-state index in [-0.39, 0.29) is 30.8 Å². The third kappa shape index (κ3) is 7.81. The Morgan fingerprint density at radius 3 is 2.17 bits per heavy atom. The molecule has 2 aliphatic heterocycles. The summed E-state index contributed by atoms with van der Waals surface area (Å²) in [5, 5.41) is 3.95. The van der Waals surface area contributed by atoms with Gasteiger partial charge in [0.2, 0.25) is 0 Å². The molecule has 48 heavy (non-hydrogen) atoms. The molecule has 2 saturated heterocycles. The van der Waals surface area contributed by atoms with Gasteiger partial charge >= 0.3 is 19.2 Å². The molecule has 0 spiro atoms. The number of H-pyrrole nitrogens is 2. The van der Waals surface area contributed by atoms with Gasteiger partial charge in [0.25, 0.3) is 17.0 Å². The van der Waals surface area contributed by atoms with E-state index in [4.69, 9.17) is 32.5 Å². The molecule has 3 aromatic rings. The van der Waals surface area contributed by atoms with Gasteiger partial charge in [0.1, 0.15) is 12.2 Å². The first-order valence-electron chi connectivity index (χ1n) is 14.9. The molecular formula is C27H36FN6O13P. The van der Waals surface area contributed by atoms with Crippen molar-refractivity contribution in [1.29, 1.82) is 0 Å². The van der Waals surface area contributed by atoms with Crippen LogP contribution < -0.4 is 22.5 Å². The molecule has 9 atom stereocenters. The Morgan fingerprint density at radius 2 is 1.60 bits per heavy atom. The molecule has 264 valence electrons. The maximum Gasteiger partial charge on any atom is 0.472 e. The van der Waals surface area contributed by atoms with Gasteiger partial charge in [-0.1, -0.05) is 5.16 Å². The Hall–Kier alpha value is -3.62. The SMILES string of the molecule is CO[C@@H]1[C@H](OP(=O)(O)OC(C)C)[C@@H](c2nc(C[C@H]3[C@@H](F)[C@H](n4ccc(=O)[nH]c4=O)O[C@@H]3COC(C)C)no2)O[C@H]1n1ccc(=O)[nH]c1=O. The lowest BCUT2D eigenvalue weighted by Gasteiger charge is -2.25. The predicted octanol–water partition coefficient (Wildman–Crippen LogP) is 0.485. The molecule has 0 bridgehead atoms. The number of phosphoric ester groups is 1. The average molecular weight is 703 g/mol. The highest BCUT2D eigenvalue weighted by molar-refractivity contribution is 7.47. The third-order valence-corrected chi connectivity index (χ3v) is 8.72. The lowest BCUT2D eigenvalue weighted by molar-refractivity contribution is -0.0681. The molecule has 2 fully saturated rings. The molecule has 0 radical (unpaired) electrons. The zero-order valence-corrected chi connectivity index (χ0v) is 27.4. The molecule has 2 aliphatic rings. The van der Waals surface area contributed by atoms with Crippen molar-refractivity contribution in [3.63, 3.8) is 0 Å². The van der Waals surface area contributed by atoms with Gasteiger partial charge in [0.15, 0.2) is 30.6 Å². The van der Waals surface area contributed by atoms with Crippen LogP contribution in [0.1, 0.15) is 58.0 Å². The maximum atomic E-state index is 16.0. The van der Waals surface area contributed by atoms with E-state index < -0.39 is 85.4 Å². The van der Waals surface area contributed by atoms with Crippen LogP contribution in [0.25, 0.3) is 0 Å². The number of hydrogen-bond donors (Lipinski definition) is 3. The van der Waals surface area contributed by atoms with Gasteiger partial charge in [-0.05, 0) is 27.7 Å². The van der Waals surface area contributed by atoms with Crippen LogP contribution in [0.15, 0.2) is 48.2 Å². The molecule has 1 unspecified atom stereocenters. The number of hydrogen-bond acceptors (Lipinski definition) is 14. The van der Waals surface area contributed by atoms with Gasteiger partial charge in [0.05, 0.1) is 24.9 Å². The Kier molecular flexibility index (Phi) is 10.8. The molecule has 5 heterocycles. The van der Waals surface area contributed by atoms with Gasteiger partial charge in [-0.2, -0.15) is 4.98 Å². The second-order valence-corrected chi connectivity index (χ2v) is 13.0. The maximum absolute atomic E-state index is 16.0. The predicted molar refractivity (Wildman–Crippen MR) is 159 cm³/mol. The van der Waals surface area contributed by atoms with Crippen LogP contribution >= 0.6 is 7.82 Å². The second kappa shape index (κ2) is 14.5. The Morgan fingerprint density at radius 1 is 0.979 bits per heavy atom. The van der Waals surface area contributed by atoms with E-state index in [1.54, 1.807) is 13.8 Å². The van der Waals surface area contributed by atoms with E-state index >= 15 is 4.39 Å². The first-order valence-corrected chi connectivity index (χ1v) is 16.4. The summed E-state index contributed by atoms with van der Waals surface area (Å²) in [7, 11) is -3.52. The van der Waals surface area contributed by atoms with Crippen LogP contribution in [0.3, 0.4) is 0 Å². The van der Waals surface area contributed by atoms with Crippen LogP contribution in [-0.4, -0.2) is 84.5 Å². The smallest absolute Gasteiger partial charge is 0.376 e. The van der Waals surface area contributed by atoms with E-state index in [1.165, 1.54) is 21.0 Å². The van der Waals surface area contributed by atoms with E-state index in [9.17, 15) is 28.6 Å². The average Bonchev–Trinajstić information content (AvgIpc) is 3.67. The quantitative estimate of drug-likeness (QED) is 0.205. The number of methoxy groups -OCH3 is 1. The lowest BCUT2D eigenvalue weighted by Crippen LogP contribution is -2.38.